The van der Waals surface area contributed by atoms with Gasteiger partial charge in [-0.1, -0.05) is 24.3 Å². The highest BCUT2D eigenvalue weighted by molar-refractivity contribution is 5.85. The molecule has 1 aromatic carbocycles. The molecule has 0 aliphatic rings. The van der Waals surface area contributed by atoms with Crippen LogP contribution in [0.2, 0.25) is 0 Å². The van der Waals surface area contributed by atoms with Gasteiger partial charge in [0.1, 0.15) is 6.10 Å². The summed E-state index contributed by atoms with van der Waals surface area (Å²) in [5.74, 6) is 0. The molecular weight excluding hydrogens is 260 g/mol. The first kappa shape index (κ1) is 13.8. The van der Waals surface area contributed by atoms with Gasteiger partial charge in [0.05, 0.1) is 11.8 Å². The van der Waals surface area contributed by atoms with Crippen molar-refractivity contribution in [2.45, 2.75) is 33.0 Å². The number of benzene rings is 1. The van der Waals surface area contributed by atoms with Crippen LogP contribution in [0.15, 0.2) is 48.7 Å². The normalized spacial score (nSPS) is 13.0. The van der Waals surface area contributed by atoms with Crippen LogP contribution in [0.25, 0.3) is 10.9 Å². The average molecular weight is 280 g/mol. The van der Waals surface area contributed by atoms with Crippen LogP contribution in [0.4, 0.5) is 0 Å². The van der Waals surface area contributed by atoms with Crippen LogP contribution in [-0.4, -0.2) is 16.1 Å². The summed E-state index contributed by atoms with van der Waals surface area (Å²) in [7, 11) is 0. The van der Waals surface area contributed by atoms with E-state index >= 15 is 0 Å². The van der Waals surface area contributed by atoms with E-state index in [9.17, 15) is 0 Å². The van der Waals surface area contributed by atoms with Crippen molar-refractivity contribution in [1.29, 1.82) is 0 Å². The van der Waals surface area contributed by atoms with Crippen LogP contribution >= 0.6 is 0 Å². The zero-order valence-corrected chi connectivity index (χ0v) is 12.6. The molecule has 0 spiro atoms. The molecule has 2 heterocycles. The van der Waals surface area contributed by atoms with Crippen molar-refractivity contribution in [3.8, 4) is 0 Å². The Labute approximate surface area is 125 Å². The van der Waals surface area contributed by atoms with Gasteiger partial charge in [0, 0.05) is 28.4 Å². The Balaban J connectivity index is 2.17. The molecule has 3 heteroatoms. The van der Waals surface area contributed by atoms with Crippen LogP contribution in [-0.2, 0) is 4.74 Å². The molecule has 3 aromatic rings. The molecule has 108 valence electrons. The summed E-state index contributed by atoms with van der Waals surface area (Å²) >= 11 is 0. The predicted octanol–water partition coefficient (Wildman–Crippen LogP) is 4.39. The zero-order chi connectivity index (χ0) is 14.8. The van der Waals surface area contributed by atoms with Gasteiger partial charge in [0.25, 0.3) is 0 Å². The van der Waals surface area contributed by atoms with Crippen molar-refractivity contribution in [3.63, 3.8) is 0 Å². The summed E-state index contributed by atoms with van der Waals surface area (Å²) in [6, 6.07) is 14.3. The van der Waals surface area contributed by atoms with E-state index in [-0.39, 0.29) is 12.2 Å². The topological polar surface area (TPSA) is 37.9 Å². The minimum atomic E-state index is -0.151. The van der Waals surface area contributed by atoms with Gasteiger partial charge >= 0.3 is 0 Å². The van der Waals surface area contributed by atoms with Crippen molar-refractivity contribution >= 4 is 10.9 Å². The second-order valence-corrected chi connectivity index (χ2v) is 5.53. The number of rotatable bonds is 4. The van der Waals surface area contributed by atoms with Gasteiger partial charge in [-0.3, -0.25) is 4.98 Å². The van der Waals surface area contributed by atoms with Gasteiger partial charge in [-0.15, -0.1) is 0 Å². The maximum atomic E-state index is 6.19. The molecule has 0 unspecified atom stereocenters. The fourth-order valence-corrected chi connectivity index (χ4v) is 2.73. The average Bonchev–Trinajstić information content (AvgIpc) is 2.81. The van der Waals surface area contributed by atoms with Crippen LogP contribution in [0.5, 0.6) is 0 Å². The highest BCUT2D eigenvalue weighted by Crippen LogP contribution is 2.34. The first-order chi connectivity index (χ1) is 10.2. The minimum absolute atomic E-state index is 0.130. The van der Waals surface area contributed by atoms with Crippen LogP contribution in [0.1, 0.15) is 36.9 Å². The molecule has 0 saturated heterocycles. The smallest absolute Gasteiger partial charge is 0.127 e. The third-order valence-corrected chi connectivity index (χ3v) is 3.57. The summed E-state index contributed by atoms with van der Waals surface area (Å²) in [5.41, 5.74) is 4.39. The van der Waals surface area contributed by atoms with Gasteiger partial charge in [-0.2, -0.15) is 0 Å². The molecule has 0 radical (unpaired) electrons. The van der Waals surface area contributed by atoms with Crippen molar-refractivity contribution in [1.82, 2.24) is 9.97 Å². The number of aromatic amines is 1. The number of H-pyrrole nitrogens is 1. The van der Waals surface area contributed by atoms with Gasteiger partial charge in [0.15, 0.2) is 0 Å². The Kier molecular flexibility index (Phi) is 3.76. The highest BCUT2D eigenvalue weighted by atomic mass is 16.5. The molecule has 1 atom stereocenters. The van der Waals surface area contributed by atoms with Crippen molar-refractivity contribution in [2.24, 2.45) is 0 Å². The number of aryl methyl sites for hydroxylation is 1. The molecule has 21 heavy (non-hydrogen) atoms. The number of para-hydroxylation sites is 1. The van der Waals surface area contributed by atoms with E-state index in [2.05, 4.69) is 48.9 Å². The van der Waals surface area contributed by atoms with E-state index in [0.29, 0.717) is 0 Å². The Morgan fingerprint density at radius 2 is 1.81 bits per heavy atom. The zero-order valence-electron chi connectivity index (χ0n) is 12.6. The van der Waals surface area contributed by atoms with Gasteiger partial charge < -0.3 is 9.72 Å². The summed E-state index contributed by atoms with van der Waals surface area (Å²) in [4.78, 5) is 7.94. The molecule has 0 fully saturated rings. The first-order valence-corrected chi connectivity index (χ1v) is 7.30. The number of nitrogens with zero attached hydrogens (tertiary/aromatic N) is 1. The second-order valence-electron chi connectivity index (χ2n) is 5.53. The molecule has 1 N–H and O–H groups in total. The third-order valence-electron chi connectivity index (χ3n) is 3.57. The van der Waals surface area contributed by atoms with E-state index in [1.165, 1.54) is 10.9 Å². The molecule has 0 amide bonds. The van der Waals surface area contributed by atoms with E-state index in [4.69, 9.17) is 4.74 Å². The van der Waals surface area contributed by atoms with Crippen LogP contribution in [0, 0.1) is 6.92 Å². The Morgan fingerprint density at radius 3 is 2.52 bits per heavy atom. The highest BCUT2D eigenvalue weighted by Gasteiger charge is 2.23. The number of hydrogen-bond donors (Lipinski definition) is 1. The maximum Gasteiger partial charge on any atom is 0.127 e. The SMILES string of the molecule is Cc1[nH]c2ccccc2c1[C@H](OC(C)C)c1ccccn1. The van der Waals surface area contributed by atoms with Crippen molar-refractivity contribution in [3.05, 3.63) is 65.6 Å². The number of pyridine rings is 1. The minimum Gasteiger partial charge on any atom is -0.364 e. The lowest BCUT2D eigenvalue weighted by atomic mass is 10.0. The molecule has 0 aliphatic heterocycles. The quantitative estimate of drug-likeness (QED) is 0.770. The lowest BCUT2D eigenvalue weighted by Crippen LogP contribution is -2.13. The number of nitrogens with one attached hydrogen (secondary N) is 1. The third kappa shape index (κ3) is 2.69. The van der Waals surface area contributed by atoms with Gasteiger partial charge in [-0.25, -0.2) is 0 Å². The first-order valence-electron chi connectivity index (χ1n) is 7.30. The number of ether oxygens (including phenoxy) is 1. The molecule has 2 aromatic heterocycles. The number of aromatic nitrogens is 2. The standard InChI is InChI=1S/C18H20N2O/c1-12(2)21-18(16-10-6-7-11-19-16)17-13(3)20-15-9-5-4-8-14(15)17/h4-12,18,20H,1-3H3/t18-/m1/s1. The second kappa shape index (κ2) is 5.70. The monoisotopic (exact) mass is 280 g/mol. The molecule has 0 bridgehead atoms. The largest absolute Gasteiger partial charge is 0.364 e. The molecule has 0 aliphatic carbocycles. The Bertz CT molecular complexity index is 731. The van der Waals surface area contributed by atoms with E-state index in [1.54, 1.807) is 0 Å². The summed E-state index contributed by atoms with van der Waals surface area (Å²) in [6.07, 6.45) is 1.79. The van der Waals surface area contributed by atoms with E-state index in [1.807, 2.05) is 30.5 Å². The maximum absolute atomic E-state index is 6.19. The Hall–Kier alpha value is -2.13. The molecule has 3 nitrogen and oxygen atoms in total. The van der Waals surface area contributed by atoms with Gasteiger partial charge in [-0.05, 0) is 39.0 Å². The summed E-state index contributed by atoms with van der Waals surface area (Å²) in [5, 5.41) is 1.20. The number of fused-ring (bicyclic) bond motifs is 1. The number of hydrogen-bond acceptors (Lipinski definition) is 2. The van der Waals surface area contributed by atoms with Crippen molar-refractivity contribution in [2.75, 3.05) is 0 Å². The fourth-order valence-electron chi connectivity index (χ4n) is 2.73. The summed E-state index contributed by atoms with van der Waals surface area (Å²) < 4.78 is 6.19. The Morgan fingerprint density at radius 1 is 1.05 bits per heavy atom. The van der Waals surface area contributed by atoms with Gasteiger partial charge in [0.2, 0.25) is 0 Å². The predicted molar refractivity (Wildman–Crippen MR) is 85.3 cm³/mol. The van der Waals surface area contributed by atoms with E-state index in [0.717, 1.165) is 16.9 Å². The lowest BCUT2D eigenvalue weighted by molar-refractivity contribution is 0.0285. The molecule has 0 saturated carbocycles. The van der Waals surface area contributed by atoms with Crippen LogP contribution < -0.4 is 0 Å². The summed E-state index contributed by atoms with van der Waals surface area (Å²) in [6.45, 7) is 6.20. The van der Waals surface area contributed by atoms with E-state index < -0.39 is 0 Å². The lowest BCUT2D eigenvalue weighted by Gasteiger charge is -2.21. The molecular formula is C18H20N2O. The van der Waals surface area contributed by atoms with Crippen LogP contribution in [0.3, 0.4) is 0 Å². The van der Waals surface area contributed by atoms with Crippen molar-refractivity contribution < 1.29 is 4.74 Å². The fraction of sp³-hybridized carbons (Fsp3) is 0.278. The molecule has 3 rings (SSSR count).